The van der Waals surface area contributed by atoms with Crippen molar-refractivity contribution < 1.29 is 14.3 Å². The summed E-state index contributed by atoms with van der Waals surface area (Å²) < 4.78 is 11.0. The molecule has 0 atom stereocenters. The molecule has 0 aromatic heterocycles. The lowest BCUT2D eigenvalue weighted by Gasteiger charge is -2.08. The van der Waals surface area contributed by atoms with Gasteiger partial charge in [-0.15, -0.1) is 0 Å². The van der Waals surface area contributed by atoms with Crippen molar-refractivity contribution in [1.82, 2.24) is 0 Å². The van der Waals surface area contributed by atoms with Gasteiger partial charge in [0.05, 0.1) is 19.8 Å². The molecule has 0 radical (unpaired) electrons. The summed E-state index contributed by atoms with van der Waals surface area (Å²) in [6.07, 6.45) is 3.87. The maximum absolute atomic E-state index is 11.9. The van der Waals surface area contributed by atoms with Gasteiger partial charge in [-0.1, -0.05) is 46.3 Å². The molecule has 0 aliphatic rings. The standard InChI is InChI=1S/C18H17BrO3/c1-12-13(5-4-6-17(12)21-2)7-8-14-9-10-15(19)11-16(14)18(20)22-3/h4-11H,1-3H3/b8-7+. The summed E-state index contributed by atoms with van der Waals surface area (Å²) in [6.45, 7) is 2.00. The Bertz CT molecular complexity index is 720. The highest BCUT2D eigenvalue weighted by Crippen LogP contribution is 2.24. The number of esters is 1. The summed E-state index contributed by atoms with van der Waals surface area (Å²) in [6, 6.07) is 11.4. The lowest BCUT2D eigenvalue weighted by molar-refractivity contribution is 0.0600. The van der Waals surface area contributed by atoms with Crippen LogP contribution in [0.15, 0.2) is 40.9 Å². The summed E-state index contributed by atoms with van der Waals surface area (Å²) in [7, 11) is 3.03. The average molecular weight is 361 g/mol. The van der Waals surface area contributed by atoms with E-state index in [1.807, 2.05) is 49.4 Å². The number of carbonyl (C=O) groups excluding carboxylic acids is 1. The molecule has 0 heterocycles. The van der Waals surface area contributed by atoms with Crippen LogP contribution in [0.1, 0.15) is 27.0 Å². The molecular weight excluding hydrogens is 344 g/mol. The highest BCUT2D eigenvalue weighted by molar-refractivity contribution is 9.10. The van der Waals surface area contributed by atoms with Crippen molar-refractivity contribution in [3.63, 3.8) is 0 Å². The molecular formula is C18H17BrO3. The zero-order valence-corrected chi connectivity index (χ0v) is 14.3. The molecule has 0 amide bonds. The van der Waals surface area contributed by atoms with Gasteiger partial charge in [0.15, 0.2) is 0 Å². The minimum atomic E-state index is -0.358. The van der Waals surface area contributed by atoms with Crippen LogP contribution < -0.4 is 4.74 Å². The van der Waals surface area contributed by atoms with Crippen LogP contribution in [-0.4, -0.2) is 20.2 Å². The van der Waals surface area contributed by atoms with Crippen molar-refractivity contribution in [3.05, 3.63) is 63.1 Å². The van der Waals surface area contributed by atoms with Gasteiger partial charge >= 0.3 is 5.97 Å². The molecule has 0 aliphatic heterocycles. The van der Waals surface area contributed by atoms with Gasteiger partial charge in [-0.3, -0.25) is 0 Å². The fraction of sp³-hybridized carbons (Fsp3) is 0.167. The summed E-state index contributed by atoms with van der Waals surface area (Å²) in [5.41, 5.74) is 3.42. The smallest absolute Gasteiger partial charge is 0.338 e. The van der Waals surface area contributed by atoms with E-state index in [2.05, 4.69) is 15.9 Å². The van der Waals surface area contributed by atoms with Crippen LogP contribution in [0.3, 0.4) is 0 Å². The molecule has 4 heteroatoms. The monoisotopic (exact) mass is 360 g/mol. The summed E-state index contributed by atoms with van der Waals surface area (Å²) >= 11 is 3.37. The van der Waals surface area contributed by atoms with E-state index in [9.17, 15) is 4.79 Å². The van der Waals surface area contributed by atoms with Crippen molar-refractivity contribution in [1.29, 1.82) is 0 Å². The number of rotatable bonds is 4. The van der Waals surface area contributed by atoms with E-state index in [1.165, 1.54) is 7.11 Å². The topological polar surface area (TPSA) is 35.5 Å². The first-order valence-corrected chi connectivity index (χ1v) is 7.55. The molecule has 0 saturated heterocycles. The highest BCUT2D eigenvalue weighted by atomic mass is 79.9. The number of carbonyl (C=O) groups is 1. The van der Waals surface area contributed by atoms with Crippen molar-refractivity contribution in [2.24, 2.45) is 0 Å². The number of halogens is 1. The third kappa shape index (κ3) is 3.57. The van der Waals surface area contributed by atoms with Crippen LogP contribution in [0.2, 0.25) is 0 Å². The van der Waals surface area contributed by atoms with E-state index < -0.39 is 0 Å². The second-order valence-electron chi connectivity index (χ2n) is 4.73. The van der Waals surface area contributed by atoms with Crippen LogP contribution in [0.4, 0.5) is 0 Å². The molecule has 0 aliphatic carbocycles. The maximum atomic E-state index is 11.9. The fourth-order valence-corrected chi connectivity index (χ4v) is 2.53. The Morgan fingerprint density at radius 1 is 1.09 bits per heavy atom. The number of ether oxygens (including phenoxy) is 2. The molecule has 2 aromatic carbocycles. The van der Waals surface area contributed by atoms with Crippen LogP contribution >= 0.6 is 15.9 Å². The molecule has 0 unspecified atom stereocenters. The molecule has 0 saturated carbocycles. The second-order valence-corrected chi connectivity index (χ2v) is 5.65. The van der Waals surface area contributed by atoms with E-state index in [-0.39, 0.29) is 5.97 Å². The Hall–Kier alpha value is -2.07. The van der Waals surface area contributed by atoms with Gasteiger partial charge in [-0.2, -0.15) is 0 Å². The quantitative estimate of drug-likeness (QED) is 0.584. The van der Waals surface area contributed by atoms with Crippen LogP contribution in [-0.2, 0) is 4.74 Å². The third-order valence-electron chi connectivity index (χ3n) is 3.41. The number of benzene rings is 2. The summed E-state index contributed by atoms with van der Waals surface area (Å²) in [4.78, 5) is 11.9. The molecule has 114 valence electrons. The van der Waals surface area contributed by atoms with E-state index in [4.69, 9.17) is 9.47 Å². The molecule has 0 fully saturated rings. The molecule has 0 bridgehead atoms. The van der Waals surface area contributed by atoms with Crippen molar-refractivity contribution in [2.45, 2.75) is 6.92 Å². The number of methoxy groups -OCH3 is 2. The first-order chi connectivity index (χ1) is 10.6. The largest absolute Gasteiger partial charge is 0.496 e. The lowest BCUT2D eigenvalue weighted by Crippen LogP contribution is -2.03. The predicted octanol–water partition coefficient (Wildman–Crippen LogP) is 4.72. The van der Waals surface area contributed by atoms with Gasteiger partial charge in [0.25, 0.3) is 0 Å². The zero-order chi connectivity index (χ0) is 16.1. The van der Waals surface area contributed by atoms with Crippen molar-refractivity contribution >= 4 is 34.1 Å². The Balaban J connectivity index is 2.41. The van der Waals surface area contributed by atoms with E-state index in [0.717, 1.165) is 26.9 Å². The minimum Gasteiger partial charge on any atom is -0.496 e. The number of hydrogen-bond donors (Lipinski definition) is 0. The Kier molecular flexibility index (Phi) is 5.39. The van der Waals surface area contributed by atoms with Gasteiger partial charge in [0.2, 0.25) is 0 Å². The third-order valence-corrected chi connectivity index (χ3v) is 3.90. The van der Waals surface area contributed by atoms with Crippen LogP contribution in [0.25, 0.3) is 12.2 Å². The van der Waals surface area contributed by atoms with Crippen LogP contribution in [0, 0.1) is 6.92 Å². The Morgan fingerprint density at radius 2 is 1.82 bits per heavy atom. The molecule has 0 N–H and O–H groups in total. The van der Waals surface area contributed by atoms with Crippen molar-refractivity contribution in [2.75, 3.05) is 14.2 Å². The molecule has 0 spiro atoms. The summed E-state index contributed by atoms with van der Waals surface area (Å²) in [5, 5.41) is 0. The van der Waals surface area contributed by atoms with Gasteiger partial charge in [0, 0.05) is 4.47 Å². The van der Waals surface area contributed by atoms with Gasteiger partial charge in [-0.05, 0) is 41.8 Å². The molecule has 2 rings (SSSR count). The van der Waals surface area contributed by atoms with Gasteiger partial charge in [-0.25, -0.2) is 4.79 Å². The Morgan fingerprint density at radius 3 is 2.50 bits per heavy atom. The molecule has 2 aromatic rings. The van der Waals surface area contributed by atoms with Crippen molar-refractivity contribution in [3.8, 4) is 5.75 Å². The first-order valence-electron chi connectivity index (χ1n) is 6.76. The van der Waals surface area contributed by atoms with E-state index in [0.29, 0.717) is 5.56 Å². The second kappa shape index (κ2) is 7.27. The van der Waals surface area contributed by atoms with Gasteiger partial charge in [0.1, 0.15) is 5.75 Å². The Labute approximate surface area is 138 Å². The van der Waals surface area contributed by atoms with Crippen LogP contribution in [0.5, 0.6) is 5.75 Å². The predicted molar refractivity (Wildman–Crippen MR) is 92.1 cm³/mol. The van der Waals surface area contributed by atoms with E-state index in [1.54, 1.807) is 13.2 Å². The average Bonchev–Trinajstić information content (AvgIpc) is 2.54. The zero-order valence-electron chi connectivity index (χ0n) is 12.7. The highest BCUT2D eigenvalue weighted by Gasteiger charge is 2.10. The first kappa shape index (κ1) is 16.3. The fourth-order valence-electron chi connectivity index (χ4n) is 2.17. The normalized spacial score (nSPS) is 10.7. The minimum absolute atomic E-state index is 0.358. The van der Waals surface area contributed by atoms with E-state index >= 15 is 0 Å². The number of hydrogen-bond acceptors (Lipinski definition) is 3. The van der Waals surface area contributed by atoms with Gasteiger partial charge < -0.3 is 9.47 Å². The molecule has 3 nitrogen and oxygen atoms in total. The maximum Gasteiger partial charge on any atom is 0.338 e. The lowest BCUT2D eigenvalue weighted by atomic mass is 10.0. The SMILES string of the molecule is COC(=O)c1cc(Br)ccc1/C=C/c1cccc(OC)c1C. The molecule has 22 heavy (non-hydrogen) atoms. The summed E-state index contributed by atoms with van der Waals surface area (Å²) in [5.74, 6) is 0.481.